The Morgan fingerprint density at radius 3 is 2.84 bits per heavy atom. The summed E-state index contributed by atoms with van der Waals surface area (Å²) in [6, 6.07) is 7.24. The van der Waals surface area contributed by atoms with E-state index in [2.05, 4.69) is 15.3 Å². The first-order valence-electron chi connectivity index (χ1n) is 5.58. The molecule has 6 heteroatoms. The normalized spacial score (nSPS) is 10.0. The summed E-state index contributed by atoms with van der Waals surface area (Å²) in [5.74, 6) is -0.367. The molecule has 0 bridgehead atoms. The van der Waals surface area contributed by atoms with Gasteiger partial charge in [-0.15, -0.1) is 0 Å². The summed E-state index contributed by atoms with van der Waals surface area (Å²) < 4.78 is 5.23. The summed E-state index contributed by atoms with van der Waals surface area (Å²) in [4.78, 5) is 18.4. The van der Waals surface area contributed by atoms with E-state index < -0.39 is 5.97 Å². The van der Waals surface area contributed by atoms with E-state index in [0.29, 0.717) is 11.6 Å². The summed E-state index contributed by atoms with van der Waals surface area (Å²) >= 11 is 0. The van der Waals surface area contributed by atoms with Crippen molar-refractivity contribution in [2.75, 3.05) is 12.4 Å². The maximum atomic E-state index is 10.8. The minimum Gasteiger partial charge on any atom is -0.495 e. The quantitative estimate of drug-likeness (QED) is 0.875. The molecule has 0 unspecified atom stereocenters. The second-order valence-electron chi connectivity index (χ2n) is 3.90. The average molecular weight is 259 g/mol. The molecule has 19 heavy (non-hydrogen) atoms. The zero-order chi connectivity index (χ0) is 13.8. The second-order valence-corrected chi connectivity index (χ2v) is 3.90. The first-order chi connectivity index (χ1) is 9.10. The van der Waals surface area contributed by atoms with Gasteiger partial charge in [-0.05, 0) is 30.7 Å². The molecule has 0 saturated carbocycles. The van der Waals surface area contributed by atoms with Crippen LogP contribution in [0.15, 0.2) is 30.5 Å². The number of benzene rings is 1. The predicted octanol–water partition coefficient (Wildman–Crippen LogP) is 2.24. The molecule has 2 N–H and O–H groups in total. The first-order valence-corrected chi connectivity index (χ1v) is 5.58. The maximum absolute atomic E-state index is 10.8. The molecule has 0 saturated heterocycles. The Bertz CT molecular complexity index is 614. The number of carboxylic acid groups (broad SMARTS) is 1. The molecule has 1 aromatic heterocycles. The van der Waals surface area contributed by atoms with Crippen molar-refractivity contribution in [1.82, 2.24) is 9.97 Å². The van der Waals surface area contributed by atoms with Gasteiger partial charge in [0, 0.05) is 6.20 Å². The Hall–Kier alpha value is -2.63. The Morgan fingerprint density at radius 2 is 2.16 bits per heavy atom. The summed E-state index contributed by atoms with van der Waals surface area (Å²) in [7, 11) is 1.57. The van der Waals surface area contributed by atoms with Crippen molar-refractivity contribution in [2.24, 2.45) is 0 Å². The lowest BCUT2D eigenvalue weighted by molar-refractivity contribution is 0.0683. The molecule has 2 aromatic rings. The van der Waals surface area contributed by atoms with Gasteiger partial charge in [-0.3, -0.25) is 0 Å². The number of hydrogen-bond acceptors (Lipinski definition) is 5. The van der Waals surface area contributed by atoms with Gasteiger partial charge in [-0.2, -0.15) is 0 Å². The van der Waals surface area contributed by atoms with Gasteiger partial charge >= 0.3 is 5.97 Å². The molecule has 0 atom stereocenters. The van der Waals surface area contributed by atoms with Gasteiger partial charge in [0.25, 0.3) is 0 Å². The number of nitrogens with zero attached hydrogens (tertiary/aromatic N) is 2. The molecule has 0 aliphatic carbocycles. The summed E-state index contributed by atoms with van der Waals surface area (Å²) in [6.45, 7) is 1.95. The molecule has 0 fully saturated rings. The van der Waals surface area contributed by atoms with E-state index in [-0.39, 0.29) is 5.82 Å². The van der Waals surface area contributed by atoms with Gasteiger partial charge in [0.2, 0.25) is 5.82 Å². The van der Waals surface area contributed by atoms with Crippen molar-refractivity contribution in [3.8, 4) is 5.75 Å². The van der Waals surface area contributed by atoms with Crippen LogP contribution in [0.4, 0.5) is 11.5 Å². The van der Waals surface area contributed by atoms with Gasteiger partial charge in [-0.25, -0.2) is 14.8 Å². The Balaban J connectivity index is 2.33. The lowest BCUT2D eigenvalue weighted by atomic mass is 10.2. The van der Waals surface area contributed by atoms with E-state index in [9.17, 15) is 4.79 Å². The van der Waals surface area contributed by atoms with E-state index in [1.54, 1.807) is 13.2 Å². The topological polar surface area (TPSA) is 84.3 Å². The molecule has 0 aliphatic rings. The lowest BCUT2D eigenvalue weighted by Gasteiger charge is -2.11. The van der Waals surface area contributed by atoms with Crippen LogP contribution >= 0.6 is 0 Å². The molecule has 0 aliphatic heterocycles. The highest BCUT2D eigenvalue weighted by Crippen LogP contribution is 2.27. The third-order valence-electron chi connectivity index (χ3n) is 2.46. The van der Waals surface area contributed by atoms with Crippen LogP contribution in [0.3, 0.4) is 0 Å². The van der Waals surface area contributed by atoms with E-state index in [0.717, 1.165) is 11.3 Å². The van der Waals surface area contributed by atoms with Crippen molar-refractivity contribution in [3.05, 3.63) is 41.9 Å². The van der Waals surface area contributed by atoms with Gasteiger partial charge in [0.15, 0.2) is 0 Å². The fourth-order valence-electron chi connectivity index (χ4n) is 1.59. The van der Waals surface area contributed by atoms with Gasteiger partial charge in [0.05, 0.1) is 12.8 Å². The molecule has 98 valence electrons. The molecular weight excluding hydrogens is 246 g/mol. The number of methoxy groups -OCH3 is 1. The predicted molar refractivity (Wildman–Crippen MR) is 70.0 cm³/mol. The Morgan fingerprint density at radius 1 is 1.37 bits per heavy atom. The first kappa shape index (κ1) is 12.8. The van der Waals surface area contributed by atoms with Crippen LogP contribution in [0.25, 0.3) is 0 Å². The standard InChI is InChI=1S/C13H13N3O3/c1-8-3-4-10(19-2)9(7-8)15-11-5-6-14-12(16-11)13(17)18/h3-7H,1-2H3,(H,17,18)(H,14,15,16). The van der Waals surface area contributed by atoms with Crippen molar-refractivity contribution >= 4 is 17.5 Å². The minimum atomic E-state index is -1.17. The molecule has 6 nitrogen and oxygen atoms in total. The van der Waals surface area contributed by atoms with Crippen LogP contribution in [-0.4, -0.2) is 28.2 Å². The van der Waals surface area contributed by atoms with Crippen molar-refractivity contribution < 1.29 is 14.6 Å². The average Bonchev–Trinajstić information content (AvgIpc) is 2.39. The third-order valence-corrected chi connectivity index (χ3v) is 2.46. The Kier molecular flexibility index (Phi) is 3.61. The fraction of sp³-hybridized carbons (Fsp3) is 0.154. The van der Waals surface area contributed by atoms with E-state index in [1.807, 2.05) is 25.1 Å². The second kappa shape index (κ2) is 5.34. The van der Waals surface area contributed by atoms with Crippen LogP contribution in [0.5, 0.6) is 5.75 Å². The van der Waals surface area contributed by atoms with E-state index in [4.69, 9.17) is 9.84 Å². The van der Waals surface area contributed by atoms with Gasteiger partial charge < -0.3 is 15.2 Å². The van der Waals surface area contributed by atoms with Crippen LogP contribution in [0.2, 0.25) is 0 Å². The number of rotatable bonds is 4. The maximum Gasteiger partial charge on any atom is 0.374 e. The molecule has 0 radical (unpaired) electrons. The molecular formula is C13H13N3O3. The fourth-order valence-corrected chi connectivity index (χ4v) is 1.59. The number of ether oxygens (including phenoxy) is 1. The van der Waals surface area contributed by atoms with Crippen LogP contribution in [-0.2, 0) is 0 Å². The van der Waals surface area contributed by atoms with Crippen LogP contribution < -0.4 is 10.1 Å². The number of aromatic nitrogens is 2. The van der Waals surface area contributed by atoms with E-state index in [1.165, 1.54) is 6.20 Å². The SMILES string of the molecule is COc1ccc(C)cc1Nc1ccnc(C(=O)O)n1. The smallest absolute Gasteiger partial charge is 0.374 e. The lowest BCUT2D eigenvalue weighted by Crippen LogP contribution is -2.06. The highest BCUT2D eigenvalue weighted by molar-refractivity contribution is 5.83. The monoisotopic (exact) mass is 259 g/mol. The van der Waals surface area contributed by atoms with Gasteiger partial charge in [0.1, 0.15) is 11.6 Å². The van der Waals surface area contributed by atoms with Crippen molar-refractivity contribution in [1.29, 1.82) is 0 Å². The number of carboxylic acids is 1. The van der Waals surface area contributed by atoms with Crippen LogP contribution in [0.1, 0.15) is 16.2 Å². The number of aryl methyl sites for hydroxylation is 1. The summed E-state index contributed by atoms with van der Waals surface area (Å²) in [5.41, 5.74) is 1.77. The van der Waals surface area contributed by atoms with Gasteiger partial charge in [-0.1, -0.05) is 6.07 Å². The summed E-state index contributed by atoms with van der Waals surface area (Å²) in [5, 5.41) is 11.9. The molecule has 2 rings (SSSR count). The molecule has 1 aromatic carbocycles. The zero-order valence-electron chi connectivity index (χ0n) is 10.5. The largest absolute Gasteiger partial charge is 0.495 e. The Labute approximate surface area is 110 Å². The molecule has 1 heterocycles. The number of hydrogen-bond donors (Lipinski definition) is 2. The van der Waals surface area contributed by atoms with Crippen molar-refractivity contribution in [3.63, 3.8) is 0 Å². The van der Waals surface area contributed by atoms with Crippen molar-refractivity contribution in [2.45, 2.75) is 6.92 Å². The molecule has 0 amide bonds. The van der Waals surface area contributed by atoms with Crippen LogP contribution in [0, 0.1) is 6.92 Å². The van der Waals surface area contributed by atoms with E-state index >= 15 is 0 Å². The number of carbonyl (C=O) groups is 1. The number of aromatic carboxylic acids is 1. The molecule has 0 spiro atoms. The highest BCUT2D eigenvalue weighted by Gasteiger charge is 2.09. The zero-order valence-corrected chi connectivity index (χ0v) is 10.5. The number of nitrogens with one attached hydrogen (secondary N) is 1. The summed E-state index contributed by atoms with van der Waals surface area (Å²) in [6.07, 6.45) is 1.39. The number of anilines is 2. The highest BCUT2D eigenvalue weighted by atomic mass is 16.5. The minimum absolute atomic E-state index is 0.253. The third kappa shape index (κ3) is 2.98.